The Kier molecular flexibility index (Phi) is 1.90. The lowest BCUT2D eigenvalue weighted by Crippen LogP contribution is -2.39. The molecule has 2 fully saturated rings. The first-order chi connectivity index (χ1) is 6.63. The van der Waals surface area contributed by atoms with Crippen LogP contribution in [0.25, 0.3) is 0 Å². The van der Waals surface area contributed by atoms with Gasteiger partial charge in [0.25, 0.3) is 5.91 Å². The van der Waals surface area contributed by atoms with Crippen LogP contribution in [0.3, 0.4) is 0 Å². The molecular weight excluding hydrogens is 188 g/mol. The highest BCUT2D eigenvalue weighted by Crippen LogP contribution is 2.26. The molecule has 2 aliphatic heterocycles. The number of rotatable bonds is 0. The third kappa shape index (κ3) is 1.07. The van der Waals surface area contributed by atoms with E-state index in [1.807, 2.05) is 0 Å². The smallest absolute Gasteiger partial charge is 0.422 e. The number of imide groups is 3. The van der Waals surface area contributed by atoms with Gasteiger partial charge in [-0.25, -0.2) is 9.59 Å². The van der Waals surface area contributed by atoms with Crippen molar-refractivity contribution in [1.29, 1.82) is 0 Å². The van der Waals surface area contributed by atoms with Gasteiger partial charge in [-0.1, -0.05) is 0 Å². The molecular formula is C8H10N2O4. The van der Waals surface area contributed by atoms with Crippen molar-refractivity contribution in [2.24, 2.45) is 0 Å². The van der Waals surface area contributed by atoms with Gasteiger partial charge in [-0.3, -0.25) is 4.79 Å². The Hall–Kier alpha value is -1.59. The van der Waals surface area contributed by atoms with Gasteiger partial charge in [0.1, 0.15) is 6.04 Å². The second-order valence-electron chi connectivity index (χ2n) is 3.44. The topological polar surface area (TPSA) is 77.9 Å². The first-order valence-electron chi connectivity index (χ1n) is 4.50. The molecule has 4 amide bonds. The first-order valence-corrected chi connectivity index (χ1v) is 4.50. The number of carbonyl (C=O) groups excluding carboxylic acids is 2. The SMILES string of the molecule is O=C(O)N1C(=O)C2CCCCN2C1=O. The molecule has 1 atom stereocenters. The fourth-order valence-corrected chi connectivity index (χ4v) is 1.97. The lowest BCUT2D eigenvalue weighted by atomic mass is 10.0. The number of piperidine rings is 1. The monoisotopic (exact) mass is 198 g/mol. The number of carbonyl (C=O) groups is 3. The van der Waals surface area contributed by atoms with Crippen LogP contribution in [0.15, 0.2) is 0 Å². The van der Waals surface area contributed by atoms with E-state index in [9.17, 15) is 14.4 Å². The number of hydrogen-bond donors (Lipinski definition) is 1. The Balaban J connectivity index is 2.29. The quantitative estimate of drug-likeness (QED) is 0.574. The summed E-state index contributed by atoms with van der Waals surface area (Å²) in [5.74, 6) is -0.595. The Morgan fingerprint density at radius 2 is 2.07 bits per heavy atom. The minimum absolute atomic E-state index is 0.315. The predicted molar refractivity (Wildman–Crippen MR) is 44.6 cm³/mol. The second-order valence-corrected chi connectivity index (χ2v) is 3.44. The lowest BCUT2D eigenvalue weighted by Gasteiger charge is -2.25. The maximum absolute atomic E-state index is 11.5. The van der Waals surface area contributed by atoms with Gasteiger partial charge >= 0.3 is 12.1 Å². The third-order valence-corrected chi connectivity index (χ3v) is 2.64. The van der Waals surface area contributed by atoms with Crippen molar-refractivity contribution < 1.29 is 19.5 Å². The van der Waals surface area contributed by atoms with Gasteiger partial charge in [-0.15, -0.1) is 0 Å². The molecule has 76 valence electrons. The standard InChI is InChI=1S/C8H10N2O4/c11-6-5-3-1-2-4-9(5)7(12)10(6)8(13)14/h5H,1-4H2,(H,13,14). The first kappa shape index (κ1) is 8.98. The summed E-state index contributed by atoms with van der Waals surface area (Å²) < 4.78 is 0. The van der Waals surface area contributed by atoms with Crippen LogP contribution >= 0.6 is 0 Å². The molecule has 2 saturated heterocycles. The van der Waals surface area contributed by atoms with Crippen LogP contribution in [0.1, 0.15) is 19.3 Å². The molecule has 6 heteroatoms. The number of fused-ring (bicyclic) bond motifs is 1. The number of hydrogen-bond acceptors (Lipinski definition) is 3. The van der Waals surface area contributed by atoms with Crippen LogP contribution in [-0.4, -0.2) is 45.5 Å². The molecule has 2 heterocycles. The zero-order valence-corrected chi connectivity index (χ0v) is 7.47. The molecule has 1 N–H and O–H groups in total. The van der Waals surface area contributed by atoms with Crippen LogP contribution < -0.4 is 0 Å². The van der Waals surface area contributed by atoms with Crippen molar-refractivity contribution in [3.63, 3.8) is 0 Å². The normalized spacial score (nSPS) is 26.7. The molecule has 14 heavy (non-hydrogen) atoms. The highest BCUT2D eigenvalue weighted by Gasteiger charge is 2.48. The van der Waals surface area contributed by atoms with Crippen LogP contribution in [0.4, 0.5) is 9.59 Å². The van der Waals surface area contributed by atoms with Crippen molar-refractivity contribution in [3.05, 3.63) is 0 Å². The summed E-state index contributed by atoms with van der Waals surface area (Å²) in [6.45, 7) is 0.485. The molecule has 0 radical (unpaired) electrons. The number of carboxylic acid groups (broad SMARTS) is 1. The molecule has 0 saturated carbocycles. The van der Waals surface area contributed by atoms with Crippen LogP contribution in [0, 0.1) is 0 Å². The van der Waals surface area contributed by atoms with Crippen molar-refractivity contribution in [3.8, 4) is 0 Å². The van der Waals surface area contributed by atoms with Gasteiger partial charge in [0, 0.05) is 6.54 Å². The Morgan fingerprint density at radius 3 is 2.64 bits per heavy atom. The highest BCUT2D eigenvalue weighted by molar-refractivity contribution is 6.14. The van der Waals surface area contributed by atoms with E-state index in [-0.39, 0.29) is 0 Å². The average molecular weight is 198 g/mol. The number of urea groups is 1. The van der Waals surface area contributed by atoms with Crippen molar-refractivity contribution in [1.82, 2.24) is 9.80 Å². The molecule has 0 spiro atoms. The van der Waals surface area contributed by atoms with Crippen LogP contribution in [-0.2, 0) is 4.79 Å². The van der Waals surface area contributed by atoms with Gasteiger partial charge in [-0.2, -0.15) is 4.90 Å². The molecule has 2 aliphatic rings. The van der Waals surface area contributed by atoms with E-state index in [1.165, 1.54) is 4.90 Å². The summed E-state index contributed by atoms with van der Waals surface area (Å²) in [5.41, 5.74) is 0. The summed E-state index contributed by atoms with van der Waals surface area (Å²) in [6, 6.07) is -1.22. The van der Waals surface area contributed by atoms with Crippen molar-refractivity contribution in [2.75, 3.05) is 6.54 Å². The third-order valence-electron chi connectivity index (χ3n) is 2.64. The van der Waals surface area contributed by atoms with E-state index in [4.69, 9.17) is 5.11 Å². The summed E-state index contributed by atoms with van der Waals surface area (Å²) in [7, 11) is 0. The zero-order chi connectivity index (χ0) is 10.3. The molecule has 0 aliphatic carbocycles. The Bertz CT molecular complexity index is 290. The van der Waals surface area contributed by atoms with Crippen molar-refractivity contribution >= 4 is 18.0 Å². The zero-order valence-electron chi connectivity index (χ0n) is 7.47. The van der Waals surface area contributed by atoms with E-state index in [0.717, 1.165) is 12.8 Å². The minimum Gasteiger partial charge on any atom is -0.464 e. The van der Waals surface area contributed by atoms with Gasteiger partial charge in [0.2, 0.25) is 0 Å². The molecule has 0 aromatic carbocycles. The van der Waals surface area contributed by atoms with Crippen molar-refractivity contribution in [2.45, 2.75) is 25.3 Å². The fourth-order valence-electron chi connectivity index (χ4n) is 1.97. The van der Waals surface area contributed by atoms with Gasteiger partial charge < -0.3 is 10.0 Å². The molecule has 0 aromatic heterocycles. The van der Waals surface area contributed by atoms with Gasteiger partial charge in [-0.05, 0) is 19.3 Å². The number of amides is 4. The molecule has 2 rings (SSSR count). The second kappa shape index (κ2) is 2.97. The summed E-state index contributed by atoms with van der Waals surface area (Å²) in [4.78, 5) is 35.2. The largest absolute Gasteiger partial charge is 0.464 e. The van der Waals surface area contributed by atoms with E-state index >= 15 is 0 Å². The lowest BCUT2D eigenvalue weighted by molar-refractivity contribution is -0.127. The average Bonchev–Trinajstić information content (AvgIpc) is 2.41. The van der Waals surface area contributed by atoms with E-state index < -0.39 is 24.1 Å². The van der Waals surface area contributed by atoms with Crippen LogP contribution in [0.2, 0.25) is 0 Å². The number of nitrogens with zero attached hydrogens (tertiary/aromatic N) is 2. The van der Waals surface area contributed by atoms with E-state index in [0.29, 0.717) is 17.9 Å². The molecule has 0 bridgehead atoms. The molecule has 1 unspecified atom stereocenters. The summed E-state index contributed by atoms with van der Waals surface area (Å²) >= 11 is 0. The predicted octanol–water partition coefficient (Wildman–Crippen LogP) is 0.481. The maximum atomic E-state index is 11.5. The van der Waals surface area contributed by atoms with Gasteiger partial charge in [0.15, 0.2) is 0 Å². The Labute approximate surface area is 80.1 Å². The fraction of sp³-hybridized carbons (Fsp3) is 0.625. The molecule has 6 nitrogen and oxygen atoms in total. The minimum atomic E-state index is -1.48. The van der Waals surface area contributed by atoms with E-state index in [2.05, 4.69) is 0 Å². The van der Waals surface area contributed by atoms with Crippen LogP contribution in [0.5, 0.6) is 0 Å². The highest BCUT2D eigenvalue weighted by atomic mass is 16.4. The summed E-state index contributed by atoms with van der Waals surface area (Å²) in [6.07, 6.45) is 0.805. The Morgan fingerprint density at radius 1 is 1.36 bits per heavy atom. The maximum Gasteiger partial charge on any atom is 0.422 e. The molecule has 0 aromatic rings. The van der Waals surface area contributed by atoms with Gasteiger partial charge in [0.05, 0.1) is 0 Å². The van der Waals surface area contributed by atoms with E-state index in [1.54, 1.807) is 0 Å². The summed E-state index contributed by atoms with van der Waals surface area (Å²) in [5, 5.41) is 8.66.